The van der Waals surface area contributed by atoms with Crippen LogP contribution >= 0.6 is 0 Å². The Balaban J connectivity index is 1.97. The van der Waals surface area contributed by atoms with Crippen LogP contribution in [0, 0.1) is 0 Å². The van der Waals surface area contributed by atoms with Gasteiger partial charge in [0, 0.05) is 18.4 Å². The zero-order chi connectivity index (χ0) is 12.1. The molecule has 4 heteroatoms. The van der Waals surface area contributed by atoms with Crippen molar-refractivity contribution >= 4 is 16.8 Å². The number of hydrogen-bond donors (Lipinski definition) is 1. The summed E-state index contributed by atoms with van der Waals surface area (Å²) >= 11 is 0. The number of para-hydroxylation sites is 1. The van der Waals surface area contributed by atoms with Gasteiger partial charge in [-0.1, -0.05) is 25.1 Å². The maximum atomic E-state index is 11.5. The highest BCUT2D eigenvalue weighted by molar-refractivity contribution is 5.79. The summed E-state index contributed by atoms with van der Waals surface area (Å²) in [4.78, 5) is 11.5. The molecule has 1 aromatic heterocycles. The standard InChI is InChI=1S/C13H17N3O/c1-2-8-14-13(17)7-9-16-12-6-4-3-5-11(12)10-15-16/h3-6,10H,2,7-9H2,1H3,(H,14,17). The topological polar surface area (TPSA) is 46.9 Å². The first-order valence-electron chi connectivity index (χ1n) is 5.98. The minimum atomic E-state index is 0.0893. The fourth-order valence-electron chi connectivity index (χ4n) is 1.76. The van der Waals surface area contributed by atoms with Gasteiger partial charge in [0.15, 0.2) is 0 Å². The van der Waals surface area contributed by atoms with Gasteiger partial charge in [-0.25, -0.2) is 0 Å². The lowest BCUT2D eigenvalue weighted by Gasteiger charge is -2.04. The first-order chi connectivity index (χ1) is 8.31. The second kappa shape index (κ2) is 5.48. The molecule has 0 radical (unpaired) electrons. The first kappa shape index (κ1) is 11.6. The van der Waals surface area contributed by atoms with Crippen LogP contribution < -0.4 is 5.32 Å². The Labute approximate surface area is 101 Å². The zero-order valence-electron chi connectivity index (χ0n) is 10.0. The molecule has 0 aliphatic heterocycles. The number of nitrogens with zero attached hydrogens (tertiary/aromatic N) is 2. The summed E-state index contributed by atoms with van der Waals surface area (Å²) in [6.45, 7) is 3.42. The van der Waals surface area contributed by atoms with E-state index in [0.717, 1.165) is 23.9 Å². The van der Waals surface area contributed by atoms with Crippen LogP contribution in [0.5, 0.6) is 0 Å². The van der Waals surface area contributed by atoms with Crippen LogP contribution in [-0.4, -0.2) is 22.2 Å². The normalized spacial score (nSPS) is 10.6. The fraction of sp³-hybridized carbons (Fsp3) is 0.385. The molecule has 0 spiro atoms. The smallest absolute Gasteiger partial charge is 0.221 e. The van der Waals surface area contributed by atoms with Gasteiger partial charge in [-0.05, 0) is 12.5 Å². The van der Waals surface area contributed by atoms with E-state index in [-0.39, 0.29) is 5.91 Å². The predicted octanol–water partition coefficient (Wildman–Crippen LogP) is 1.95. The molecule has 2 aromatic rings. The van der Waals surface area contributed by atoms with Crippen molar-refractivity contribution in [1.82, 2.24) is 15.1 Å². The largest absolute Gasteiger partial charge is 0.356 e. The minimum Gasteiger partial charge on any atom is -0.356 e. The molecule has 0 fully saturated rings. The maximum absolute atomic E-state index is 11.5. The lowest BCUT2D eigenvalue weighted by Crippen LogP contribution is -2.25. The number of rotatable bonds is 5. The van der Waals surface area contributed by atoms with Gasteiger partial charge in [-0.2, -0.15) is 5.10 Å². The molecule has 0 aliphatic carbocycles. The van der Waals surface area contributed by atoms with Crippen LogP contribution in [0.1, 0.15) is 19.8 Å². The third-order valence-corrected chi connectivity index (χ3v) is 2.67. The maximum Gasteiger partial charge on any atom is 0.221 e. The molecular weight excluding hydrogens is 214 g/mol. The Hall–Kier alpha value is -1.84. The van der Waals surface area contributed by atoms with Crippen molar-refractivity contribution in [2.45, 2.75) is 26.3 Å². The van der Waals surface area contributed by atoms with Crippen molar-refractivity contribution in [3.63, 3.8) is 0 Å². The van der Waals surface area contributed by atoms with Crippen LogP contribution in [0.25, 0.3) is 10.9 Å². The lowest BCUT2D eigenvalue weighted by molar-refractivity contribution is -0.121. The molecule has 0 atom stereocenters. The molecule has 90 valence electrons. The fourth-order valence-corrected chi connectivity index (χ4v) is 1.76. The summed E-state index contributed by atoms with van der Waals surface area (Å²) in [5, 5.41) is 8.26. The average Bonchev–Trinajstić information content (AvgIpc) is 2.77. The van der Waals surface area contributed by atoms with E-state index in [4.69, 9.17) is 0 Å². The molecule has 0 saturated carbocycles. The molecule has 4 nitrogen and oxygen atoms in total. The third kappa shape index (κ3) is 2.84. The van der Waals surface area contributed by atoms with Crippen molar-refractivity contribution in [1.29, 1.82) is 0 Å². The number of carbonyl (C=O) groups is 1. The SMILES string of the molecule is CCCNC(=O)CCn1ncc2ccccc21. The highest BCUT2D eigenvalue weighted by Crippen LogP contribution is 2.12. The Bertz CT molecular complexity index is 504. The van der Waals surface area contributed by atoms with Crippen molar-refractivity contribution in [3.05, 3.63) is 30.5 Å². The molecule has 1 N–H and O–H groups in total. The predicted molar refractivity (Wildman–Crippen MR) is 67.7 cm³/mol. The van der Waals surface area contributed by atoms with Crippen molar-refractivity contribution in [2.24, 2.45) is 0 Å². The average molecular weight is 231 g/mol. The molecular formula is C13H17N3O. The number of amides is 1. The summed E-state index contributed by atoms with van der Waals surface area (Å²) in [6, 6.07) is 8.02. The summed E-state index contributed by atoms with van der Waals surface area (Å²) in [5.41, 5.74) is 1.08. The number of nitrogens with one attached hydrogen (secondary N) is 1. The minimum absolute atomic E-state index is 0.0893. The van der Waals surface area contributed by atoms with E-state index < -0.39 is 0 Å². The van der Waals surface area contributed by atoms with Crippen LogP contribution in [0.15, 0.2) is 30.5 Å². The number of fused-ring (bicyclic) bond motifs is 1. The molecule has 1 heterocycles. The highest BCUT2D eigenvalue weighted by Gasteiger charge is 2.04. The summed E-state index contributed by atoms with van der Waals surface area (Å²) in [7, 11) is 0. The molecule has 1 amide bonds. The van der Waals surface area contributed by atoms with Crippen LogP contribution in [0.2, 0.25) is 0 Å². The number of aromatic nitrogens is 2. The lowest BCUT2D eigenvalue weighted by atomic mass is 10.2. The highest BCUT2D eigenvalue weighted by atomic mass is 16.1. The van der Waals surface area contributed by atoms with E-state index in [2.05, 4.69) is 10.4 Å². The second-order valence-electron chi connectivity index (χ2n) is 4.03. The van der Waals surface area contributed by atoms with Gasteiger partial charge in [0.1, 0.15) is 0 Å². The molecule has 0 unspecified atom stereocenters. The van der Waals surface area contributed by atoms with Crippen molar-refractivity contribution < 1.29 is 4.79 Å². The molecule has 0 saturated heterocycles. The van der Waals surface area contributed by atoms with Crippen molar-refractivity contribution in [3.8, 4) is 0 Å². The number of carbonyl (C=O) groups excluding carboxylic acids is 1. The van der Waals surface area contributed by atoms with Gasteiger partial charge in [-0.3, -0.25) is 9.48 Å². The second-order valence-corrected chi connectivity index (χ2v) is 4.03. The van der Waals surface area contributed by atoms with Crippen molar-refractivity contribution in [2.75, 3.05) is 6.54 Å². The zero-order valence-corrected chi connectivity index (χ0v) is 10.0. The number of aryl methyl sites for hydroxylation is 1. The van der Waals surface area contributed by atoms with Gasteiger partial charge in [-0.15, -0.1) is 0 Å². The van der Waals surface area contributed by atoms with Gasteiger partial charge < -0.3 is 5.32 Å². The summed E-state index contributed by atoms with van der Waals surface area (Å²) < 4.78 is 1.88. The Kier molecular flexibility index (Phi) is 3.75. The van der Waals surface area contributed by atoms with Gasteiger partial charge in [0.25, 0.3) is 0 Å². The van der Waals surface area contributed by atoms with E-state index in [9.17, 15) is 4.79 Å². The number of hydrogen-bond acceptors (Lipinski definition) is 2. The van der Waals surface area contributed by atoms with E-state index in [0.29, 0.717) is 13.0 Å². The quantitative estimate of drug-likeness (QED) is 0.855. The monoisotopic (exact) mass is 231 g/mol. The Morgan fingerprint density at radius 3 is 3.06 bits per heavy atom. The van der Waals surface area contributed by atoms with Gasteiger partial charge >= 0.3 is 0 Å². The number of benzene rings is 1. The third-order valence-electron chi connectivity index (χ3n) is 2.67. The van der Waals surface area contributed by atoms with E-state index in [1.54, 1.807) is 0 Å². The van der Waals surface area contributed by atoms with E-state index in [1.807, 2.05) is 42.1 Å². The summed E-state index contributed by atoms with van der Waals surface area (Å²) in [5.74, 6) is 0.0893. The summed E-state index contributed by atoms with van der Waals surface area (Å²) in [6.07, 6.45) is 3.28. The molecule has 17 heavy (non-hydrogen) atoms. The van der Waals surface area contributed by atoms with Gasteiger partial charge in [0.2, 0.25) is 5.91 Å². The van der Waals surface area contributed by atoms with Crippen LogP contribution in [-0.2, 0) is 11.3 Å². The van der Waals surface area contributed by atoms with Crippen LogP contribution in [0.4, 0.5) is 0 Å². The molecule has 0 bridgehead atoms. The van der Waals surface area contributed by atoms with Crippen LogP contribution in [0.3, 0.4) is 0 Å². The Morgan fingerprint density at radius 2 is 2.24 bits per heavy atom. The van der Waals surface area contributed by atoms with E-state index >= 15 is 0 Å². The van der Waals surface area contributed by atoms with Gasteiger partial charge in [0.05, 0.1) is 18.3 Å². The molecule has 1 aromatic carbocycles. The Morgan fingerprint density at radius 1 is 1.41 bits per heavy atom. The molecule has 0 aliphatic rings. The molecule has 2 rings (SSSR count). The first-order valence-corrected chi connectivity index (χ1v) is 5.98. The van der Waals surface area contributed by atoms with E-state index in [1.165, 1.54) is 0 Å².